The van der Waals surface area contributed by atoms with Crippen LogP contribution in [0.1, 0.15) is 13.8 Å². The molecular formula is C50H44N2O4S3. The molecule has 0 saturated heterocycles. The van der Waals surface area contributed by atoms with Crippen molar-refractivity contribution in [3.8, 4) is 0 Å². The maximum Gasteiger partial charge on any atom is 0.333 e. The van der Waals surface area contributed by atoms with Gasteiger partial charge in [0.05, 0.1) is 13.1 Å². The number of carbonyl (C=O) groups is 2. The first-order valence-electron chi connectivity index (χ1n) is 19.5. The van der Waals surface area contributed by atoms with Crippen LogP contribution in [0.3, 0.4) is 0 Å². The smallest absolute Gasteiger partial charge is 0.333 e. The summed E-state index contributed by atoms with van der Waals surface area (Å²) >= 11 is 5.06. The third-order valence-electron chi connectivity index (χ3n) is 10.1. The molecule has 2 atom stereocenters. The Labute approximate surface area is 357 Å². The van der Waals surface area contributed by atoms with E-state index in [9.17, 15) is 9.59 Å². The molecule has 0 N–H and O–H groups in total. The molecule has 0 bridgehead atoms. The lowest BCUT2D eigenvalue weighted by Crippen LogP contribution is -2.26. The number of rotatable bonds is 16. The van der Waals surface area contributed by atoms with Crippen molar-refractivity contribution in [1.82, 2.24) is 9.13 Å². The summed E-state index contributed by atoms with van der Waals surface area (Å²) in [4.78, 5) is 30.0. The van der Waals surface area contributed by atoms with E-state index in [1.807, 2.05) is 24.3 Å². The van der Waals surface area contributed by atoms with Crippen LogP contribution in [0.4, 0.5) is 0 Å². The molecule has 2 heterocycles. The van der Waals surface area contributed by atoms with Gasteiger partial charge in [-0.3, -0.25) is 0 Å². The second kappa shape index (κ2) is 18.1. The number of hydrogen-bond donors (Lipinski definition) is 0. The zero-order valence-electron chi connectivity index (χ0n) is 33.0. The quantitative estimate of drug-likeness (QED) is 0.0546. The van der Waals surface area contributed by atoms with Gasteiger partial charge in [0.1, 0.15) is 12.2 Å². The first kappa shape index (κ1) is 40.2. The third kappa shape index (κ3) is 9.18. The predicted molar refractivity (Wildman–Crippen MR) is 247 cm³/mol. The molecule has 296 valence electrons. The maximum atomic E-state index is 12.8. The highest BCUT2D eigenvalue weighted by molar-refractivity contribution is 8.00. The van der Waals surface area contributed by atoms with Crippen LogP contribution in [-0.4, -0.2) is 44.8 Å². The van der Waals surface area contributed by atoms with E-state index in [0.29, 0.717) is 35.7 Å². The van der Waals surface area contributed by atoms with E-state index >= 15 is 0 Å². The van der Waals surface area contributed by atoms with Crippen LogP contribution in [0.15, 0.2) is 189 Å². The van der Waals surface area contributed by atoms with E-state index in [-0.39, 0.29) is 24.1 Å². The summed E-state index contributed by atoms with van der Waals surface area (Å²) in [6, 6.07) is 50.5. The Morgan fingerprint density at radius 2 is 0.763 bits per heavy atom. The van der Waals surface area contributed by atoms with E-state index in [1.54, 1.807) is 49.1 Å². The molecule has 2 unspecified atom stereocenters. The van der Waals surface area contributed by atoms with Crippen molar-refractivity contribution in [2.24, 2.45) is 0 Å². The fraction of sp³-hybridized carbons (Fsp3) is 0.160. The van der Waals surface area contributed by atoms with Crippen molar-refractivity contribution in [3.63, 3.8) is 0 Å². The van der Waals surface area contributed by atoms with Gasteiger partial charge in [-0.1, -0.05) is 97.7 Å². The van der Waals surface area contributed by atoms with Crippen molar-refractivity contribution in [1.29, 1.82) is 0 Å². The number of carbonyl (C=O) groups excluding carboxylic acids is 2. The lowest BCUT2D eigenvalue weighted by molar-refractivity contribution is -0.144. The molecule has 9 heteroatoms. The van der Waals surface area contributed by atoms with Gasteiger partial charge in [0, 0.05) is 85.8 Å². The van der Waals surface area contributed by atoms with Crippen molar-refractivity contribution in [3.05, 3.63) is 170 Å². The molecule has 0 aliphatic rings. The largest absolute Gasteiger partial charge is 0.456 e. The zero-order valence-corrected chi connectivity index (χ0v) is 35.5. The topological polar surface area (TPSA) is 62.5 Å². The van der Waals surface area contributed by atoms with E-state index in [0.717, 1.165) is 41.6 Å². The lowest BCUT2D eigenvalue weighted by atomic mass is 10.2. The zero-order chi connectivity index (χ0) is 40.9. The number of ether oxygens (including phenoxy) is 2. The van der Waals surface area contributed by atoms with E-state index in [4.69, 9.17) is 9.47 Å². The summed E-state index contributed by atoms with van der Waals surface area (Å²) in [5.74, 6) is 0.435. The molecule has 0 radical (unpaired) electrons. The van der Waals surface area contributed by atoms with E-state index < -0.39 is 0 Å². The van der Waals surface area contributed by atoms with Gasteiger partial charge >= 0.3 is 11.9 Å². The molecule has 2 aromatic heterocycles. The molecular weight excluding hydrogens is 789 g/mol. The highest BCUT2D eigenvalue weighted by Gasteiger charge is 2.21. The highest BCUT2D eigenvalue weighted by Crippen LogP contribution is 2.34. The average Bonchev–Trinajstić information content (AvgIpc) is 3.74. The second-order valence-corrected chi connectivity index (χ2v) is 17.9. The summed E-state index contributed by atoms with van der Waals surface area (Å²) in [6.45, 7) is 12.1. The summed E-state index contributed by atoms with van der Waals surface area (Å²) in [5.41, 5.74) is 5.25. The first-order valence-corrected chi connectivity index (χ1v) is 22.3. The van der Waals surface area contributed by atoms with Gasteiger partial charge in [-0.25, -0.2) is 9.59 Å². The number of hydrogen-bond acceptors (Lipinski definition) is 7. The maximum absolute atomic E-state index is 12.8. The summed E-state index contributed by atoms with van der Waals surface area (Å²) in [5, 5.41) is 4.74. The van der Waals surface area contributed by atoms with Crippen LogP contribution < -0.4 is 0 Å². The molecule has 0 spiro atoms. The van der Waals surface area contributed by atoms with Crippen LogP contribution in [0.5, 0.6) is 0 Å². The van der Waals surface area contributed by atoms with Gasteiger partial charge in [0.15, 0.2) is 0 Å². The molecule has 6 nitrogen and oxygen atoms in total. The molecule has 8 aromatic rings. The van der Waals surface area contributed by atoms with E-state index in [2.05, 4.69) is 144 Å². The average molecular weight is 833 g/mol. The van der Waals surface area contributed by atoms with E-state index in [1.165, 1.54) is 21.5 Å². The third-order valence-corrected chi connectivity index (χ3v) is 13.4. The summed E-state index contributed by atoms with van der Waals surface area (Å²) in [6.07, 6.45) is -0.730. The fourth-order valence-electron chi connectivity index (χ4n) is 7.28. The van der Waals surface area contributed by atoms with Gasteiger partial charge in [-0.15, -0.1) is 23.5 Å². The molecule has 8 rings (SSSR count). The highest BCUT2D eigenvalue weighted by atomic mass is 32.2. The molecule has 6 aromatic carbocycles. The Morgan fingerprint density at radius 3 is 1.07 bits per heavy atom. The van der Waals surface area contributed by atoms with Crippen LogP contribution in [0.25, 0.3) is 43.6 Å². The Bertz CT molecular complexity index is 2520. The number of esters is 2. The number of thioether (sulfide) groups is 2. The van der Waals surface area contributed by atoms with Gasteiger partial charge in [0.25, 0.3) is 0 Å². The fourth-order valence-corrected chi connectivity index (χ4v) is 9.86. The van der Waals surface area contributed by atoms with Gasteiger partial charge in [-0.2, -0.15) is 0 Å². The molecule has 0 fully saturated rings. The molecule has 0 aliphatic carbocycles. The number of aromatic nitrogens is 2. The summed E-state index contributed by atoms with van der Waals surface area (Å²) < 4.78 is 16.5. The minimum absolute atomic E-state index is 0.365. The first-order chi connectivity index (χ1) is 28.7. The summed E-state index contributed by atoms with van der Waals surface area (Å²) in [7, 11) is 0. The molecule has 0 saturated carbocycles. The lowest BCUT2D eigenvalue weighted by Gasteiger charge is -2.20. The minimum atomic E-state index is -0.377. The van der Waals surface area contributed by atoms with Crippen LogP contribution in [0, 0.1) is 0 Å². The van der Waals surface area contributed by atoms with Crippen LogP contribution >= 0.6 is 35.3 Å². The Balaban J connectivity index is 0.904. The van der Waals surface area contributed by atoms with Gasteiger partial charge in [-0.05, 0) is 86.6 Å². The number of benzene rings is 6. The molecule has 0 amide bonds. The van der Waals surface area contributed by atoms with Crippen LogP contribution in [-0.2, 0) is 32.2 Å². The Morgan fingerprint density at radius 1 is 0.475 bits per heavy atom. The molecule has 59 heavy (non-hydrogen) atoms. The van der Waals surface area contributed by atoms with Crippen molar-refractivity contribution in [2.75, 3.05) is 11.5 Å². The monoisotopic (exact) mass is 832 g/mol. The Hall–Kier alpha value is -5.61. The number of para-hydroxylation sites is 4. The van der Waals surface area contributed by atoms with Gasteiger partial charge < -0.3 is 18.6 Å². The molecule has 0 aliphatic heterocycles. The SMILES string of the molecule is C=C(C)C(=O)OC(CSc1ccc(Sc2ccc(SCC(Cn3c4ccccc4c4ccccc43)OC(=O)C(=C)C)cc2)cc1)Cn1c2ccccc2c2ccccc21. The van der Waals surface area contributed by atoms with Crippen molar-refractivity contribution in [2.45, 2.75) is 58.7 Å². The predicted octanol–water partition coefficient (Wildman–Crippen LogP) is 12.6. The number of fused-ring (bicyclic) bond motifs is 6. The normalized spacial score (nSPS) is 12.5. The number of nitrogens with zero attached hydrogens (tertiary/aromatic N) is 2. The second-order valence-electron chi connectivity index (χ2n) is 14.6. The van der Waals surface area contributed by atoms with Gasteiger partial charge in [0.2, 0.25) is 0 Å². The van der Waals surface area contributed by atoms with Crippen molar-refractivity contribution < 1.29 is 19.1 Å². The Kier molecular flexibility index (Phi) is 12.3. The standard InChI is InChI=1S/C50H44N2O4S3/c1-33(2)49(53)55-35(29-51-45-17-9-5-13-41(45)42-14-6-10-18-46(42)51)31-57-37-21-25-39(26-22-37)59-40-27-23-38(24-28-40)58-32-36(56-50(54)34(3)4)30-52-47-19-11-7-15-43(47)44-16-8-12-20-48(44)52/h5-28,35-36H,1,3,29-32H2,2,4H3. The minimum Gasteiger partial charge on any atom is -0.456 e. The van der Waals surface area contributed by atoms with Crippen molar-refractivity contribution >= 4 is 90.8 Å². The van der Waals surface area contributed by atoms with Crippen LogP contribution in [0.2, 0.25) is 0 Å².